The molecule has 2 aromatic heterocycles. The summed E-state index contributed by atoms with van der Waals surface area (Å²) in [7, 11) is 1.62. The van der Waals surface area contributed by atoms with E-state index in [4.69, 9.17) is 4.74 Å². The molecule has 0 saturated heterocycles. The number of rotatable bonds is 4. The number of aromatic nitrogens is 2. The lowest BCUT2D eigenvalue weighted by Crippen LogP contribution is -2.39. The molecule has 2 heterocycles. The van der Waals surface area contributed by atoms with Crippen LogP contribution in [0, 0.1) is 6.92 Å². The second-order valence-electron chi connectivity index (χ2n) is 4.53. The molecule has 0 aliphatic heterocycles. The standard InChI is InChI=1S/C13H15BrN2O4S/c1-4-20-8(17)5-6-16-11(18)9-7(2)10(14)21-12(9)15(3)13(16)19/h4-6H2,1-3H3. The van der Waals surface area contributed by atoms with Crippen molar-refractivity contribution < 1.29 is 9.53 Å². The van der Waals surface area contributed by atoms with Gasteiger partial charge in [-0.25, -0.2) is 4.79 Å². The topological polar surface area (TPSA) is 70.3 Å². The summed E-state index contributed by atoms with van der Waals surface area (Å²) in [6.07, 6.45) is -0.00114. The molecule has 0 amide bonds. The number of carbonyl (C=O) groups is 1. The van der Waals surface area contributed by atoms with Crippen molar-refractivity contribution in [1.29, 1.82) is 0 Å². The fourth-order valence-corrected chi connectivity index (χ4v) is 3.72. The maximum Gasteiger partial charge on any atom is 0.331 e. The first-order valence-corrected chi connectivity index (χ1v) is 8.03. The Morgan fingerprint density at radius 1 is 1.38 bits per heavy atom. The average Bonchev–Trinajstić information content (AvgIpc) is 2.73. The molecule has 0 spiro atoms. The molecule has 0 fully saturated rings. The molecule has 8 heteroatoms. The van der Waals surface area contributed by atoms with Gasteiger partial charge in [-0.3, -0.25) is 18.7 Å². The molecule has 0 aromatic carbocycles. The lowest BCUT2D eigenvalue weighted by molar-refractivity contribution is -0.143. The summed E-state index contributed by atoms with van der Waals surface area (Å²) in [5.74, 6) is -0.422. The van der Waals surface area contributed by atoms with Crippen LogP contribution in [-0.2, 0) is 23.1 Å². The number of hydrogen-bond acceptors (Lipinski definition) is 5. The quantitative estimate of drug-likeness (QED) is 0.764. The van der Waals surface area contributed by atoms with Gasteiger partial charge in [0.1, 0.15) is 4.83 Å². The van der Waals surface area contributed by atoms with Gasteiger partial charge >= 0.3 is 11.7 Å². The van der Waals surface area contributed by atoms with Crippen LogP contribution < -0.4 is 11.2 Å². The smallest absolute Gasteiger partial charge is 0.331 e. The Balaban J connectivity index is 2.55. The molecule has 0 aliphatic rings. The second-order valence-corrected chi connectivity index (χ2v) is 6.85. The highest BCUT2D eigenvalue weighted by Crippen LogP contribution is 2.31. The average molecular weight is 375 g/mol. The van der Waals surface area contributed by atoms with E-state index in [1.165, 1.54) is 15.9 Å². The lowest BCUT2D eigenvalue weighted by Gasteiger charge is -2.08. The Kier molecular flexibility index (Phi) is 4.67. The van der Waals surface area contributed by atoms with Gasteiger partial charge in [0.05, 0.1) is 22.2 Å². The summed E-state index contributed by atoms with van der Waals surface area (Å²) in [5.41, 5.74) is 0.0166. The summed E-state index contributed by atoms with van der Waals surface area (Å²) < 4.78 is 8.17. The number of esters is 1. The van der Waals surface area contributed by atoms with Gasteiger partial charge in [-0.15, -0.1) is 11.3 Å². The molecule has 6 nitrogen and oxygen atoms in total. The van der Waals surface area contributed by atoms with Crippen molar-refractivity contribution in [3.05, 3.63) is 30.2 Å². The summed E-state index contributed by atoms with van der Waals surface area (Å²) in [6, 6.07) is 0. The van der Waals surface area contributed by atoms with E-state index < -0.39 is 11.7 Å². The highest BCUT2D eigenvalue weighted by Gasteiger charge is 2.17. The predicted octanol–water partition coefficient (Wildman–Crippen LogP) is 1.79. The van der Waals surface area contributed by atoms with Gasteiger partial charge in [0.2, 0.25) is 0 Å². The number of hydrogen-bond donors (Lipinski definition) is 0. The normalized spacial score (nSPS) is 11.0. The molecule has 0 saturated carbocycles. The van der Waals surface area contributed by atoms with Gasteiger partial charge in [-0.2, -0.15) is 0 Å². The zero-order valence-electron chi connectivity index (χ0n) is 11.9. The molecule has 0 bridgehead atoms. The Labute approximate surface area is 133 Å². The van der Waals surface area contributed by atoms with Crippen LogP contribution in [-0.4, -0.2) is 21.7 Å². The molecule has 2 rings (SSSR count). The fraction of sp³-hybridized carbons (Fsp3) is 0.462. The highest BCUT2D eigenvalue weighted by molar-refractivity contribution is 9.11. The van der Waals surface area contributed by atoms with Gasteiger partial charge < -0.3 is 4.74 Å². The molecule has 2 aromatic rings. The molecule has 0 unspecified atom stereocenters. The molecule has 0 N–H and O–H groups in total. The molecular weight excluding hydrogens is 360 g/mol. The first-order chi connectivity index (χ1) is 9.88. The number of aryl methyl sites for hydroxylation is 2. The molecule has 21 heavy (non-hydrogen) atoms. The van der Waals surface area contributed by atoms with Crippen molar-refractivity contribution in [1.82, 2.24) is 9.13 Å². The minimum absolute atomic E-state index is 0.00114. The zero-order chi connectivity index (χ0) is 15.7. The predicted molar refractivity (Wildman–Crippen MR) is 85.0 cm³/mol. The summed E-state index contributed by atoms with van der Waals surface area (Å²) in [5, 5.41) is 0.512. The first-order valence-electron chi connectivity index (χ1n) is 6.42. The minimum atomic E-state index is -0.425. The van der Waals surface area contributed by atoms with Crippen LogP contribution in [0.5, 0.6) is 0 Å². The zero-order valence-corrected chi connectivity index (χ0v) is 14.3. The van der Waals surface area contributed by atoms with E-state index in [-0.39, 0.29) is 25.1 Å². The number of ether oxygens (including phenoxy) is 1. The third-order valence-corrected chi connectivity index (χ3v) is 5.43. The Hall–Kier alpha value is -1.41. The van der Waals surface area contributed by atoms with Crippen molar-refractivity contribution in [3.63, 3.8) is 0 Å². The molecule has 0 radical (unpaired) electrons. The van der Waals surface area contributed by atoms with E-state index >= 15 is 0 Å². The highest BCUT2D eigenvalue weighted by atomic mass is 79.9. The summed E-state index contributed by atoms with van der Waals surface area (Å²) >= 11 is 4.74. The van der Waals surface area contributed by atoms with Crippen LogP contribution in [0.25, 0.3) is 10.2 Å². The Morgan fingerprint density at radius 2 is 2.05 bits per heavy atom. The van der Waals surface area contributed by atoms with Crippen LogP contribution in [0.2, 0.25) is 0 Å². The van der Waals surface area contributed by atoms with Crippen LogP contribution in [0.1, 0.15) is 18.9 Å². The van der Waals surface area contributed by atoms with E-state index in [1.807, 2.05) is 6.92 Å². The largest absolute Gasteiger partial charge is 0.466 e. The third kappa shape index (κ3) is 2.82. The van der Waals surface area contributed by atoms with Crippen LogP contribution in [0.15, 0.2) is 13.4 Å². The number of thiophene rings is 1. The van der Waals surface area contributed by atoms with Gasteiger partial charge in [0.15, 0.2) is 0 Å². The van der Waals surface area contributed by atoms with Crippen LogP contribution >= 0.6 is 27.3 Å². The number of carbonyl (C=O) groups excluding carboxylic acids is 1. The lowest BCUT2D eigenvalue weighted by atomic mass is 10.2. The van der Waals surface area contributed by atoms with Crippen molar-refractivity contribution in [2.45, 2.75) is 26.8 Å². The Morgan fingerprint density at radius 3 is 2.67 bits per heavy atom. The second kappa shape index (κ2) is 6.15. The SMILES string of the molecule is CCOC(=O)CCn1c(=O)c2c(C)c(Br)sc2n(C)c1=O. The fourth-order valence-electron chi connectivity index (χ4n) is 2.08. The molecule has 114 valence electrons. The third-order valence-electron chi connectivity index (χ3n) is 3.20. The van der Waals surface area contributed by atoms with Crippen molar-refractivity contribution >= 4 is 43.5 Å². The van der Waals surface area contributed by atoms with E-state index in [2.05, 4.69) is 15.9 Å². The molecular formula is C13H15BrN2O4S. The first kappa shape index (κ1) is 16.0. The van der Waals surface area contributed by atoms with E-state index in [0.29, 0.717) is 10.2 Å². The number of halogens is 1. The number of fused-ring (bicyclic) bond motifs is 1. The van der Waals surface area contributed by atoms with Gasteiger partial charge in [0.25, 0.3) is 5.56 Å². The molecule has 0 aliphatic carbocycles. The van der Waals surface area contributed by atoms with Gasteiger partial charge in [-0.05, 0) is 35.3 Å². The Bertz CT molecular complexity index is 818. The monoisotopic (exact) mass is 374 g/mol. The van der Waals surface area contributed by atoms with Crippen molar-refractivity contribution in [2.24, 2.45) is 7.05 Å². The van der Waals surface area contributed by atoms with Crippen LogP contribution in [0.3, 0.4) is 0 Å². The summed E-state index contributed by atoms with van der Waals surface area (Å²) in [4.78, 5) is 36.8. The van der Waals surface area contributed by atoms with Crippen molar-refractivity contribution in [3.8, 4) is 0 Å². The van der Waals surface area contributed by atoms with Crippen LogP contribution in [0.4, 0.5) is 0 Å². The minimum Gasteiger partial charge on any atom is -0.466 e. The van der Waals surface area contributed by atoms with E-state index in [1.54, 1.807) is 14.0 Å². The molecule has 0 atom stereocenters. The van der Waals surface area contributed by atoms with Gasteiger partial charge in [0, 0.05) is 13.6 Å². The number of nitrogens with zero attached hydrogens (tertiary/aromatic N) is 2. The summed E-state index contributed by atoms with van der Waals surface area (Å²) in [6.45, 7) is 3.83. The van der Waals surface area contributed by atoms with Crippen molar-refractivity contribution in [2.75, 3.05) is 6.61 Å². The van der Waals surface area contributed by atoms with E-state index in [9.17, 15) is 14.4 Å². The maximum atomic E-state index is 12.5. The van der Waals surface area contributed by atoms with Gasteiger partial charge in [-0.1, -0.05) is 0 Å². The van der Waals surface area contributed by atoms with E-state index in [0.717, 1.165) is 13.9 Å². The maximum absolute atomic E-state index is 12.5.